The molecule has 2 atom stereocenters. The fourth-order valence-corrected chi connectivity index (χ4v) is 4.24. The topological polar surface area (TPSA) is 59.4 Å². The summed E-state index contributed by atoms with van der Waals surface area (Å²) < 4.78 is 7.36. The van der Waals surface area contributed by atoms with Crippen molar-refractivity contribution in [2.75, 3.05) is 13.2 Å². The van der Waals surface area contributed by atoms with Crippen LogP contribution in [0.3, 0.4) is 0 Å². The molecule has 4 rings (SSSR count). The van der Waals surface area contributed by atoms with Crippen LogP contribution in [0.2, 0.25) is 0 Å². The predicted octanol–water partition coefficient (Wildman–Crippen LogP) is 3.72. The van der Waals surface area contributed by atoms with Gasteiger partial charge in [0.1, 0.15) is 6.54 Å². The highest BCUT2D eigenvalue weighted by Crippen LogP contribution is 2.39. The highest BCUT2D eigenvalue weighted by atomic mass is 32.1. The van der Waals surface area contributed by atoms with Gasteiger partial charge >= 0.3 is 5.97 Å². The number of aryl methyl sites for hydroxylation is 1. The number of para-hydroxylation sites is 1. The second-order valence-electron chi connectivity index (χ2n) is 7.15. The number of hydrogen-bond donors (Lipinski definition) is 1. The summed E-state index contributed by atoms with van der Waals surface area (Å²) in [5, 5.41) is 3.89. The molecule has 1 aliphatic heterocycles. The van der Waals surface area contributed by atoms with Crippen LogP contribution < -0.4 is 5.32 Å². The van der Waals surface area contributed by atoms with Crippen LogP contribution in [0.4, 0.5) is 0 Å². The first-order chi connectivity index (χ1) is 14.6. The smallest absolute Gasteiger partial charge is 0.325 e. The molecule has 0 aliphatic carbocycles. The number of carbonyl (C=O) groups excluding carboxylic acids is 1. The molecule has 1 N–H and O–H groups in total. The lowest BCUT2D eigenvalue weighted by Gasteiger charge is -2.28. The second-order valence-corrected chi connectivity index (χ2v) is 7.54. The number of thiocarbonyl (C=S) groups is 1. The van der Waals surface area contributed by atoms with Gasteiger partial charge in [-0.3, -0.25) is 9.78 Å². The van der Waals surface area contributed by atoms with Crippen LogP contribution in [0, 0.1) is 6.92 Å². The molecule has 6 nitrogen and oxygen atoms in total. The zero-order chi connectivity index (χ0) is 21.1. The van der Waals surface area contributed by atoms with Crippen LogP contribution in [0.1, 0.15) is 36.0 Å². The van der Waals surface area contributed by atoms with Gasteiger partial charge < -0.3 is 19.5 Å². The van der Waals surface area contributed by atoms with Crippen LogP contribution in [-0.2, 0) is 9.53 Å². The Balaban J connectivity index is 1.80. The van der Waals surface area contributed by atoms with Crippen molar-refractivity contribution in [1.82, 2.24) is 19.8 Å². The molecule has 2 aromatic heterocycles. The van der Waals surface area contributed by atoms with E-state index in [4.69, 9.17) is 17.0 Å². The zero-order valence-corrected chi connectivity index (χ0v) is 17.8. The van der Waals surface area contributed by atoms with Crippen molar-refractivity contribution in [2.24, 2.45) is 0 Å². The van der Waals surface area contributed by atoms with Crippen molar-refractivity contribution in [1.29, 1.82) is 0 Å². The van der Waals surface area contributed by atoms with E-state index in [1.807, 2.05) is 47.5 Å². The molecule has 1 aromatic carbocycles. The SMILES string of the molecule is CCOC(=O)CN1C(=S)N[C@H](c2ccccn2)[C@@H]1c1cccn1-c1ccccc1C. The number of nitrogens with zero attached hydrogens (tertiary/aromatic N) is 3. The molecule has 154 valence electrons. The maximum Gasteiger partial charge on any atom is 0.325 e. The first-order valence-corrected chi connectivity index (χ1v) is 10.4. The molecular weight excluding hydrogens is 396 g/mol. The highest BCUT2D eigenvalue weighted by Gasteiger charge is 2.42. The van der Waals surface area contributed by atoms with E-state index in [0.29, 0.717) is 11.7 Å². The van der Waals surface area contributed by atoms with E-state index < -0.39 is 0 Å². The lowest BCUT2D eigenvalue weighted by molar-refractivity contribution is -0.143. The number of benzene rings is 1. The van der Waals surface area contributed by atoms with Gasteiger partial charge in [-0.05, 0) is 62.0 Å². The monoisotopic (exact) mass is 420 g/mol. The minimum Gasteiger partial charge on any atom is -0.465 e. The number of nitrogens with one attached hydrogen (secondary N) is 1. The molecule has 3 aromatic rings. The summed E-state index contributed by atoms with van der Waals surface area (Å²) in [7, 11) is 0. The van der Waals surface area contributed by atoms with Crippen molar-refractivity contribution in [3.63, 3.8) is 0 Å². The van der Waals surface area contributed by atoms with Gasteiger partial charge in [-0.1, -0.05) is 24.3 Å². The normalized spacial score (nSPS) is 18.3. The summed E-state index contributed by atoms with van der Waals surface area (Å²) in [6.07, 6.45) is 3.81. The lowest BCUT2D eigenvalue weighted by Crippen LogP contribution is -2.36. The van der Waals surface area contributed by atoms with Crippen molar-refractivity contribution in [2.45, 2.75) is 25.9 Å². The van der Waals surface area contributed by atoms with Crippen LogP contribution in [0.5, 0.6) is 0 Å². The number of ether oxygens (including phenoxy) is 1. The van der Waals surface area contributed by atoms with Gasteiger partial charge in [-0.25, -0.2) is 0 Å². The Kier molecular flexibility index (Phi) is 5.81. The first kappa shape index (κ1) is 20.1. The Labute approximate surface area is 181 Å². The predicted molar refractivity (Wildman–Crippen MR) is 119 cm³/mol. The fourth-order valence-electron chi connectivity index (χ4n) is 3.93. The molecule has 1 aliphatic rings. The molecule has 0 saturated carbocycles. The van der Waals surface area contributed by atoms with E-state index in [9.17, 15) is 4.79 Å². The quantitative estimate of drug-likeness (QED) is 0.485. The Hall–Kier alpha value is -3.19. The maximum atomic E-state index is 12.3. The Morgan fingerprint density at radius 3 is 2.70 bits per heavy atom. The number of esters is 1. The molecule has 7 heteroatoms. The largest absolute Gasteiger partial charge is 0.465 e. The Morgan fingerprint density at radius 2 is 1.97 bits per heavy atom. The van der Waals surface area contributed by atoms with E-state index in [-0.39, 0.29) is 24.6 Å². The van der Waals surface area contributed by atoms with Gasteiger partial charge in [0, 0.05) is 23.8 Å². The van der Waals surface area contributed by atoms with Gasteiger partial charge in [0.15, 0.2) is 5.11 Å². The number of carbonyl (C=O) groups is 1. The average molecular weight is 421 g/mol. The summed E-state index contributed by atoms with van der Waals surface area (Å²) in [6, 6.07) is 17.7. The molecule has 0 amide bonds. The number of rotatable bonds is 6. The molecule has 0 bridgehead atoms. The molecular formula is C23H24N4O2S. The molecule has 0 radical (unpaired) electrons. The third kappa shape index (κ3) is 3.80. The summed E-state index contributed by atoms with van der Waals surface area (Å²) in [6.45, 7) is 4.30. The van der Waals surface area contributed by atoms with E-state index in [2.05, 4.69) is 40.0 Å². The average Bonchev–Trinajstić information content (AvgIpc) is 3.34. The van der Waals surface area contributed by atoms with Gasteiger partial charge in [0.2, 0.25) is 0 Å². The van der Waals surface area contributed by atoms with Crippen molar-refractivity contribution in [3.8, 4) is 5.69 Å². The van der Waals surface area contributed by atoms with E-state index >= 15 is 0 Å². The minimum absolute atomic E-state index is 0.0760. The number of pyridine rings is 1. The second kappa shape index (κ2) is 8.67. The van der Waals surface area contributed by atoms with E-state index in [1.54, 1.807) is 13.1 Å². The van der Waals surface area contributed by atoms with Gasteiger partial charge in [-0.2, -0.15) is 0 Å². The standard InChI is InChI=1S/C23H24N4O2S/c1-3-29-20(28)15-27-22(21(25-23(27)30)17-10-6-7-13-24-17)19-12-8-14-26(19)18-11-5-4-9-16(18)2/h4-14,21-22H,3,15H2,1-2H3,(H,25,30)/t21-,22+/m1/s1. The lowest BCUT2D eigenvalue weighted by atomic mass is 10.0. The van der Waals surface area contributed by atoms with Crippen LogP contribution >= 0.6 is 12.2 Å². The number of aromatic nitrogens is 2. The Bertz CT molecular complexity index is 1050. The molecule has 0 unspecified atom stereocenters. The summed E-state index contributed by atoms with van der Waals surface area (Å²) >= 11 is 5.63. The summed E-state index contributed by atoms with van der Waals surface area (Å²) in [4.78, 5) is 18.8. The van der Waals surface area contributed by atoms with Crippen molar-refractivity contribution >= 4 is 23.3 Å². The highest BCUT2D eigenvalue weighted by molar-refractivity contribution is 7.80. The van der Waals surface area contributed by atoms with E-state index in [1.165, 1.54) is 0 Å². The molecule has 1 fully saturated rings. The zero-order valence-electron chi connectivity index (χ0n) is 17.0. The first-order valence-electron chi connectivity index (χ1n) is 9.97. The van der Waals surface area contributed by atoms with Gasteiger partial charge in [0.05, 0.1) is 24.4 Å². The van der Waals surface area contributed by atoms with Gasteiger partial charge in [-0.15, -0.1) is 0 Å². The Morgan fingerprint density at radius 1 is 1.17 bits per heavy atom. The van der Waals surface area contributed by atoms with Crippen molar-refractivity contribution in [3.05, 3.63) is 83.9 Å². The van der Waals surface area contributed by atoms with Crippen molar-refractivity contribution < 1.29 is 9.53 Å². The summed E-state index contributed by atoms with van der Waals surface area (Å²) in [5.74, 6) is -0.303. The van der Waals surface area contributed by atoms with Crippen LogP contribution in [0.15, 0.2) is 67.0 Å². The van der Waals surface area contributed by atoms with Crippen LogP contribution in [-0.4, -0.2) is 38.7 Å². The fraction of sp³-hybridized carbons (Fsp3) is 0.261. The molecule has 30 heavy (non-hydrogen) atoms. The van der Waals surface area contributed by atoms with Crippen LogP contribution in [0.25, 0.3) is 5.69 Å². The summed E-state index contributed by atoms with van der Waals surface area (Å²) in [5.41, 5.74) is 4.14. The molecule has 3 heterocycles. The third-order valence-corrected chi connectivity index (χ3v) is 5.61. The maximum absolute atomic E-state index is 12.3. The third-order valence-electron chi connectivity index (χ3n) is 5.26. The molecule has 0 spiro atoms. The minimum atomic E-state index is -0.303. The van der Waals surface area contributed by atoms with Gasteiger partial charge in [0.25, 0.3) is 0 Å². The molecule has 1 saturated heterocycles. The number of hydrogen-bond acceptors (Lipinski definition) is 4. The van der Waals surface area contributed by atoms with E-state index in [0.717, 1.165) is 22.6 Å².